The molecule has 110 valence electrons. The normalized spacial score (nSPS) is 18.6. The molecule has 2 atom stereocenters. The number of nitrogens with zero attached hydrogens (tertiary/aromatic N) is 1. The van der Waals surface area contributed by atoms with E-state index in [1.807, 2.05) is 12.1 Å². The summed E-state index contributed by atoms with van der Waals surface area (Å²) in [5.41, 5.74) is 5.00. The second-order valence-electron chi connectivity index (χ2n) is 6.09. The van der Waals surface area contributed by atoms with Crippen LogP contribution in [0, 0.1) is 6.92 Å². The molecule has 1 N–H and O–H groups in total. The molecule has 3 rings (SSSR count). The highest BCUT2D eigenvalue weighted by atomic mass is 16.3. The van der Waals surface area contributed by atoms with Crippen LogP contribution in [0.1, 0.15) is 36.1 Å². The number of anilines is 1. The molecule has 0 saturated heterocycles. The molecule has 1 aliphatic rings. The van der Waals surface area contributed by atoms with Gasteiger partial charge in [-0.3, -0.25) is 0 Å². The molecule has 2 nitrogen and oxygen atoms in total. The molecule has 0 aliphatic carbocycles. The maximum Gasteiger partial charge on any atom is 0.0806 e. The van der Waals surface area contributed by atoms with Gasteiger partial charge in [0.25, 0.3) is 0 Å². The van der Waals surface area contributed by atoms with E-state index in [4.69, 9.17) is 0 Å². The van der Waals surface area contributed by atoms with Gasteiger partial charge in [-0.25, -0.2) is 0 Å². The van der Waals surface area contributed by atoms with E-state index >= 15 is 0 Å². The minimum absolute atomic E-state index is 0.384. The Balaban J connectivity index is 1.66. The number of para-hydroxylation sites is 1. The van der Waals surface area contributed by atoms with Gasteiger partial charge in [-0.15, -0.1) is 0 Å². The monoisotopic (exact) mass is 281 g/mol. The van der Waals surface area contributed by atoms with Crippen molar-refractivity contribution in [2.75, 3.05) is 11.4 Å². The molecule has 1 heterocycles. The van der Waals surface area contributed by atoms with Crippen LogP contribution in [0.25, 0.3) is 0 Å². The second kappa shape index (κ2) is 5.90. The lowest BCUT2D eigenvalue weighted by atomic mass is 10.0. The predicted octanol–water partition coefficient (Wildman–Crippen LogP) is 3.87. The first kappa shape index (κ1) is 14.2. The molecule has 2 aromatic rings. The van der Waals surface area contributed by atoms with Gasteiger partial charge in [-0.05, 0) is 43.9 Å². The number of aliphatic hydroxyl groups excluding tert-OH is 1. The molecule has 0 radical (unpaired) electrons. The quantitative estimate of drug-likeness (QED) is 0.919. The van der Waals surface area contributed by atoms with E-state index in [-0.39, 0.29) is 6.10 Å². The SMILES string of the molecule is Cc1ccc(C(O)CCN2c3ccccc3CC2C)cc1. The molecular formula is C19H23NO. The molecule has 2 aromatic carbocycles. The molecule has 1 aliphatic heterocycles. The molecule has 0 saturated carbocycles. The topological polar surface area (TPSA) is 23.5 Å². The van der Waals surface area contributed by atoms with Crippen molar-refractivity contribution < 1.29 is 5.11 Å². The molecule has 0 spiro atoms. The number of hydrogen-bond acceptors (Lipinski definition) is 2. The Morgan fingerprint density at radius 1 is 1.14 bits per heavy atom. The molecule has 0 aromatic heterocycles. The van der Waals surface area contributed by atoms with Gasteiger partial charge >= 0.3 is 0 Å². The molecule has 0 fully saturated rings. The molecule has 0 bridgehead atoms. The summed E-state index contributed by atoms with van der Waals surface area (Å²) in [6.07, 6.45) is 1.49. The summed E-state index contributed by atoms with van der Waals surface area (Å²) in [5, 5.41) is 10.4. The summed E-state index contributed by atoms with van der Waals surface area (Å²) >= 11 is 0. The lowest BCUT2D eigenvalue weighted by Crippen LogP contribution is -2.31. The van der Waals surface area contributed by atoms with Gasteiger partial charge in [0.1, 0.15) is 0 Å². The Morgan fingerprint density at radius 3 is 2.62 bits per heavy atom. The third kappa shape index (κ3) is 2.96. The smallest absolute Gasteiger partial charge is 0.0806 e. The van der Waals surface area contributed by atoms with E-state index in [1.54, 1.807) is 0 Å². The molecule has 2 unspecified atom stereocenters. The van der Waals surface area contributed by atoms with Gasteiger partial charge in [0.05, 0.1) is 6.10 Å². The number of aryl methyl sites for hydroxylation is 1. The minimum atomic E-state index is -0.384. The summed E-state index contributed by atoms with van der Waals surface area (Å²) < 4.78 is 0. The van der Waals surface area contributed by atoms with Crippen molar-refractivity contribution in [3.05, 3.63) is 65.2 Å². The Bertz CT molecular complexity index is 605. The van der Waals surface area contributed by atoms with Crippen LogP contribution in [0.5, 0.6) is 0 Å². The van der Waals surface area contributed by atoms with Crippen LogP contribution in [0.2, 0.25) is 0 Å². The van der Waals surface area contributed by atoms with Crippen LogP contribution in [0.4, 0.5) is 5.69 Å². The van der Waals surface area contributed by atoms with E-state index < -0.39 is 0 Å². The highest BCUT2D eigenvalue weighted by Gasteiger charge is 2.25. The maximum atomic E-state index is 10.4. The Labute approximate surface area is 127 Å². The number of rotatable bonds is 4. The van der Waals surface area contributed by atoms with Crippen LogP contribution < -0.4 is 4.90 Å². The Morgan fingerprint density at radius 2 is 1.86 bits per heavy atom. The van der Waals surface area contributed by atoms with Crippen molar-refractivity contribution in [2.45, 2.75) is 38.8 Å². The number of aliphatic hydroxyl groups is 1. The number of hydrogen-bond donors (Lipinski definition) is 1. The van der Waals surface area contributed by atoms with Crippen molar-refractivity contribution in [2.24, 2.45) is 0 Å². The fraction of sp³-hybridized carbons (Fsp3) is 0.368. The van der Waals surface area contributed by atoms with Crippen LogP contribution in [-0.2, 0) is 6.42 Å². The zero-order valence-corrected chi connectivity index (χ0v) is 12.8. The predicted molar refractivity (Wildman–Crippen MR) is 87.7 cm³/mol. The summed E-state index contributed by atoms with van der Waals surface area (Å²) in [5.74, 6) is 0. The van der Waals surface area contributed by atoms with Gasteiger partial charge in [0.2, 0.25) is 0 Å². The lowest BCUT2D eigenvalue weighted by molar-refractivity contribution is 0.169. The second-order valence-corrected chi connectivity index (χ2v) is 6.09. The van der Waals surface area contributed by atoms with E-state index in [0.717, 1.165) is 24.9 Å². The lowest BCUT2D eigenvalue weighted by Gasteiger charge is -2.26. The average Bonchev–Trinajstić information content (AvgIpc) is 2.81. The van der Waals surface area contributed by atoms with E-state index in [1.165, 1.54) is 16.8 Å². The van der Waals surface area contributed by atoms with Crippen molar-refractivity contribution in [1.82, 2.24) is 0 Å². The van der Waals surface area contributed by atoms with Crippen LogP contribution in [-0.4, -0.2) is 17.7 Å². The maximum absolute atomic E-state index is 10.4. The average molecular weight is 281 g/mol. The number of benzene rings is 2. The summed E-state index contributed by atoms with van der Waals surface area (Å²) in [6.45, 7) is 5.23. The third-order valence-electron chi connectivity index (χ3n) is 4.45. The van der Waals surface area contributed by atoms with Gasteiger partial charge in [0, 0.05) is 18.3 Å². The van der Waals surface area contributed by atoms with E-state index in [0.29, 0.717) is 6.04 Å². The van der Waals surface area contributed by atoms with Crippen molar-refractivity contribution in [3.8, 4) is 0 Å². The zero-order chi connectivity index (χ0) is 14.8. The van der Waals surface area contributed by atoms with Gasteiger partial charge in [0.15, 0.2) is 0 Å². The zero-order valence-electron chi connectivity index (χ0n) is 12.8. The Hall–Kier alpha value is -1.80. The van der Waals surface area contributed by atoms with Crippen molar-refractivity contribution >= 4 is 5.69 Å². The number of fused-ring (bicyclic) bond motifs is 1. The van der Waals surface area contributed by atoms with Gasteiger partial charge in [-0.1, -0.05) is 48.0 Å². The van der Waals surface area contributed by atoms with Crippen molar-refractivity contribution in [3.63, 3.8) is 0 Å². The van der Waals surface area contributed by atoms with Crippen LogP contribution in [0.15, 0.2) is 48.5 Å². The first-order valence-electron chi connectivity index (χ1n) is 7.74. The molecule has 21 heavy (non-hydrogen) atoms. The highest BCUT2D eigenvalue weighted by molar-refractivity contribution is 5.59. The molecular weight excluding hydrogens is 258 g/mol. The summed E-state index contributed by atoms with van der Waals surface area (Å²) in [7, 11) is 0. The summed E-state index contributed by atoms with van der Waals surface area (Å²) in [6, 6.07) is 17.3. The third-order valence-corrected chi connectivity index (χ3v) is 4.45. The fourth-order valence-electron chi connectivity index (χ4n) is 3.19. The molecule has 2 heteroatoms. The van der Waals surface area contributed by atoms with Gasteiger partial charge in [-0.2, -0.15) is 0 Å². The summed E-state index contributed by atoms with van der Waals surface area (Å²) in [4.78, 5) is 2.42. The van der Waals surface area contributed by atoms with Crippen LogP contribution in [0.3, 0.4) is 0 Å². The van der Waals surface area contributed by atoms with E-state index in [9.17, 15) is 5.11 Å². The fourth-order valence-corrected chi connectivity index (χ4v) is 3.19. The largest absolute Gasteiger partial charge is 0.388 e. The van der Waals surface area contributed by atoms with Crippen molar-refractivity contribution in [1.29, 1.82) is 0 Å². The first-order chi connectivity index (χ1) is 10.1. The Kier molecular flexibility index (Phi) is 3.98. The van der Waals surface area contributed by atoms with Gasteiger partial charge < -0.3 is 10.0 Å². The standard InChI is InChI=1S/C19H23NO/c1-14-7-9-16(10-8-14)19(21)11-12-20-15(2)13-17-5-3-4-6-18(17)20/h3-10,15,19,21H,11-13H2,1-2H3. The van der Waals surface area contributed by atoms with E-state index in [2.05, 4.69) is 55.1 Å². The first-order valence-corrected chi connectivity index (χ1v) is 7.74. The van der Waals surface area contributed by atoms with Crippen LogP contribution >= 0.6 is 0 Å². The highest BCUT2D eigenvalue weighted by Crippen LogP contribution is 2.32. The minimum Gasteiger partial charge on any atom is -0.388 e. The molecule has 0 amide bonds.